The highest BCUT2D eigenvalue weighted by atomic mass is 127. The van der Waals surface area contributed by atoms with Gasteiger partial charge in [-0.25, -0.2) is 0 Å². The molecule has 146 valence electrons. The summed E-state index contributed by atoms with van der Waals surface area (Å²) in [6.45, 7) is 3.83. The Morgan fingerprint density at radius 3 is 2.60 bits per heavy atom. The molecular weight excluding hydrogens is 447 g/mol. The molecule has 2 rings (SSSR count). The molecule has 1 amide bonds. The first-order valence-corrected chi connectivity index (χ1v) is 11.0. The van der Waals surface area contributed by atoms with E-state index in [4.69, 9.17) is 4.99 Å². The Morgan fingerprint density at radius 1 is 1.12 bits per heavy atom. The number of nitrogens with zero attached hydrogens (tertiary/aromatic N) is 1. The van der Waals surface area contributed by atoms with E-state index in [1.165, 1.54) is 12.2 Å². The zero-order valence-corrected chi connectivity index (χ0v) is 18.8. The Bertz CT molecular complexity index is 418. The Kier molecular flexibility index (Phi) is 11.9. The van der Waals surface area contributed by atoms with Crippen molar-refractivity contribution in [2.45, 2.75) is 70.4 Å². The van der Waals surface area contributed by atoms with Gasteiger partial charge in [-0.2, -0.15) is 11.8 Å². The van der Waals surface area contributed by atoms with Crippen LogP contribution in [0, 0.1) is 5.92 Å². The lowest BCUT2D eigenvalue weighted by Gasteiger charge is -2.30. The zero-order valence-electron chi connectivity index (χ0n) is 15.7. The fourth-order valence-electron chi connectivity index (χ4n) is 3.17. The van der Waals surface area contributed by atoms with Gasteiger partial charge >= 0.3 is 0 Å². The number of rotatable bonds is 9. The lowest BCUT2D eigenvalue weighted by molar-refractivity contribution is -0.126. The average Bonchev–Trinajstić information content (AvgIpc) is 3.39. The summed E-state index contributed by atoms with van der Waals surface area (Å²) >= 11 is 1.89. The van der Waals surface area contributed by atoms with Gasteiger partial charge in [0, 0.05) is 31.1 Å². The molecule has 7 heteroatoms. The summed E-state index contributed by atoms with van der Waals surface area (Å²) in [6, 6.07) is 0.823. The van der Waals surface area contributed by atoms with Crippen molar-refractivity contribution in [2.24, 2.45) is 10.9 Å². The number of hydrogen-bond acceptors (Lipinski definition) is 3. The third-order valence-corrected chi connectivity index (χ3v) is 5.38. The Morgan fingerprint density at radius 2 is 1.92 bits per heavy atom. The van der Waals surface area contributed by atoms with Gasteiger partial charge in [0.25, 0.3) is 0 Å². The molecule has 2 aliphatic rings. The zero-order chi connectivity index (χ0) is 17.2. The molecule has 2 atom stereocenters. The largest absolute Gasteiger partial charge is 0.357 e. The van der Waals surface area contributed by atoms with E-state index in [-0.39, 0.29) is 35.8 Å². The molecule has 0 aromatic heterocycles. The second-order valence-electron chi connectivity index (χ2n) is 6.95. The summed E-state index contributed by atoms with van der Waals surface area (Å²) in [6.07, 6.45) is 11.0. The summed E-state index contributed by atoms with van der Waals surface area (Å²) in [7, 11) is 0. The quantitative estimate of drug-likeness (QED) is 0.205. The van der Waals surface area contributed by atoms with Gasteiger partial charge in [-0.1, -0.05) is 6.42 Å². The molecule has 0 radical (unpaired) electrons. The van der Waals surface area contributed by atoms with Crippen molar-refractivity contribution in [3.63, 3.8) is 0 Å². The van der Waals surface area contributed by atoms with Gasteiger partial charge in [-0.05, 0) is 63.9 Å². The maximum atomic E-state index is 12.3. The van der Waals surface area contributed by atoms with Crippen molar-refractivity contribution in [1.29, 1.82) is 0 Å². The van der Waals surface area contributed by atoms with E-state index in [1.54, 1.807) is 0 Å². The Hall–Kier alpha value is -0.180. The van der Waals surface area contributed by atoms with E-state index in [1.807, 2.05) is 11.8 Å². The highest BCUT2D eigenvalue weighted by Gasteiger charge is 2.31. The van der Waals surface area contributed by atoms with Gasteiger partial charge in [-0.15, -0.1) is 24.0 Å². The number of guanidine groups is 1. The van der Waals surface area contributed by atoms with Crippen LogP contribution in [-0.4, -0.2) is 49.0 Å². The van der Waals surface area contributed by atoms with Crippen LogP contribution in [0.1, 0.15) is 58.3 Å². The predicted octanol–water partition coefficient (Wildman–Crippen LogP) is 3.14. The fraction of sp³-hybridized carbons (Fsp3) is 0.889. The van der Waals surface area contributed by atoms with E-state index in [2.05, 4.69) is 29.1 Å². The maximum Gasteiger partial charge on any atom is 0.223 e. The highest BCUT2D eigenvalue weighted by Crippen LogP contribution is 2.26. The number of aliphatic imine (C=N–C) groups is 1. The van der Waals surface area contributed by atoms with Crippen molar-refractivity contribution in [3.8, 4) is 0 Å². The first kappa shape index (κ1) is 22.9. The van der Waals surface area contributed by atoms with Crippen molar-refractivity contribution >= 4 is 47.6 Å². The van der Waals surface area contributed by atoms with Gasteiger partial charge < -0.3 is 16.0 Å². The summed E-state index contributed by atoms with van der Waals surface area (Å²) in [5, 5.41) is 10.1. The molecule has 2 fully saturated rings. The summed E-state index contributed by atoms with van der Waals surface area (Å²) in [5.74, 6) is 2.55. The molecule has 0 aliphatic heterocycles. The molecule has 0 heterocycles. The summed E-state index contributed by atoms with van der Waals surface area (Å²) in [4.78, 5) is 17.0. The SMILES string of the molecule is CCNC(=NCCCCSC)NC1CCCC(C(=O)NC2CC2)C1.I. The van der Waals surface area contributed by atoms with E-state index >= 15 is 0 Å². The molecular formula is C18H35IN4OS. The third kappa shape index (κ3) is 9.35. The molecule has 2 saturated carbocycles. The van der Waals surface area contributed by atoms with Crippen LogP contribution in [0.4, 0.5) is 0 Å². The van der Waals surface area contributed by atoms with Crippen molar-refractivity contribution in [1.82, 2.24) is 16.0 Å². The fourth-order valence-corrected chi connectivity index (χ4v) is 3.66. The van der Waals surface area contributed by atoms with E-state index in [0.717, 1.165) is 64.0 Å². The molecule has 0 aromatic carbocycles. The van der Waals surface area contributed by atoms with Crippen LogP contribution in [0.3, 0.4) is 0 Å². The smallest absolute Gasteiger partial charge is 0.223 e. The standard InChI is InChI=1S/C18H34N4OS.HI/c1-3-19-18(20-11-4-5-12-24-2)22-16-8-6-7-14(13-16)17(23)21-15-9-10-15;/h14-16H,3-13H2,1-2H3,(H,21,23)(H2,19,20,22);1H. The lowest BCUT2D eigenvalue weighted by Crippen LogP contribution is -2.47. The normalized spacial score (nSPS) is 23.5. The van der Waals surface area contributed by atoms with Crippen LogP contribution in [0.15, 0.2) is 4.99 Å². The second kappa shape index (κ2) is 13.1. The van der Waals surface area contributed by atoms with Gasteiger partial charge in [-0.3, -0.25) is 9.79 Å². The number of hydrogen-bond donors (Lipinski definition) is 3. The number of halogens is 1. The number of carbonyl (C=O) groups excluding carboxylic acids is 1. The van der Waals surface area contributed by atoms with Crippen LogP contribution in [0.25, 0.3) is 0 Å². The van der Waals surface area contributed by atoms with E-state index in [0.29, 0.717) is 12.1 Å². The van der Waals surface area contributed by atoms with E-state index in [9.17, 15) is 4.79 Å². The van der Waals surface area contributed by atoms with Gasteiger partial charge in [0.05, 0.1) is 0 Å². The number of unbranched alkanes of at least 4 members (excludes halogenated alkanes) is 1. The minimum atomic E-state index is 0. The minimum Gasteiger partial charge on any atom is -0.357 e. The number of nitrogens with one attached hydrogen (secondary N) is 3. The van der Waals surface area contributed by atoms with Crippen LogP contribution in [0.5, 0.6) is 0 Å². The summed E-state index contributed by atoms with van der Waals surface area (Å²) in [5.41, 5.74) is 0. The molecule has 0 bridgehead atoms. The molecule has 0 saturated heterocycles. The number of carbonyl (C=O) groups is 1. The molecule has 2 unspecified atom stereocenters. The maximum absolute atomic E-state index is 12.3. The van der Waals surface area contributed by atoms with Crippen LogP contribution >= 0.6 is 35.7 Å². The topological polar surface area (TPSA) is 65.5 Å². The molecule has 25 heavy (non-hydrogen) atoms. The predicted molar refractivity (Wildman–Crippen MR) is 119 cm³/mol. The highest BCUT2D eigenvalue weighted by molar-refractivity contribution is 14.0. The average molecular weight is 482 g/mol. The van der Waals surface area contributed by atoms with E-state index < -0.39 is 0 Å². The Labute approximate surface area is 174 Å². The van der Waals surface area contributed by atoms with Gasteiger partial charge in [0.2, 0.25) is 5.91 Å². The molecule has 3 N–H and O–H groups in total. The van der Waals surface area contributed by atoms with Crippen LogP contribution in [-0.2, 0) is 4.79 Å². The first-order chi connectivity index (χ1) is 11.7. The third-order valence-electron chi connectivity index (χ3n) is 4.68. The monoisotopic (exact) mass is 482 g/mol. The first-order valence-electron chi connectivity index (χ1n) is 9.57. The van der Waals surface area contributed by atoms with Gasteiger partial charge in [0.1, 0.15) is 0 Å². The van der Waals surface area contributed by atoms with Crippen molar-refractivity contribution in [2.75, 3.05) is 25.1 Å². The molecule has 2 aliphatic carbocycles. The lowest BCUT2D eigenvalue weighted by atomic mass is 9.85. The molecule has 5 nitrogen and oxygen atoms in total. The van der Waals surface area contributed by atoms with Crippen molar-refractivity contribution in [3.05, 3.63) is 0 Å². The second-order valence-corrected chi connectivity index (χ2v) is 7.93. The van der Waals surface area contributed by atoms with Crippen molar-refractivity contribution < 1.29 is 4.79 Å². The molecule has 0 spiro atoms. The number of thioether (sulfide) groups is 1. The minimum absolute atomic E-state index is 0. The Balaban J connectivity index is 0.00000312. The van der Waals surface area contributed by atoms with Crippen LogP contribution < -0.4 is 16.0 Å². The van der Waals surface area contributed by atoms with Crippen LogP contribution in [0.2, 0.25) is 0 Å². The number of amides is 1. The molecule has 0 aromatic rings. The summed E-state index contributed by atoms with van der Waals surface area (Å²) < 4.78 is 0. The van der Waals surface area contributed by atoms with Gasteiger partial charge in [0.15, 0.2) is 5.96 Å².